The molecule has 0 spiro atoms. The number of fused-ring (bicyclic) bond motifs is 1. The first-order chi connectivity index (χ1) is 10.6. The van der Waals surface area contributed by atoms with Crippen molar-refractivity contribution in [3.05, 3.63) is 18.2 Å². The molecule has 1 heterocycles. The van der Waals surface area contributed by atoms with Crippen LogP contribution in [0, 0.1) is 5.92 Å². The van der Waals surface area contributed by atoms with Gasteiger partial charge in [-0.2, -0.15) is 0 Å². The molecule has 1 saturated carbocycles. The molecule has 3 rings (SSSR count). The highest BCUT2D eigenvalue weighted by atomic mass is 32.2. The predicted molar refractivity (Wildman–Crippen MR) is 83.8 cm³/mol. The van der Waals surface area contributed by atoms with Gasteiger partial charge in [0.15, 0.2) is 11.5 Å². The van der Waals surface area contributed by atoms with Gasteiger partial charge in [0.25, 0.3) is 0 Å². The molecule has 6 heteroatoms. The zero-order valence-electron chi connectivity index (χ0n) is 12.7. The molecule has 0 amide bonds. The second kappa shape index (κ2) is 6.87. The fraction of sp³-hybridized carbons (Fsp3) is 0.625. The average molecular weight is 325 g/mol. The van der Waals surface area contributed by atoms with E-state index in [1.54, 1.807) is 18.2 Å². The molecule has 1 aliphatic heterocycles. The van der Waals surface area contributed by atoms with Crippen molar-refractivity contribution >= 4 is 10.0 Å². The molecule has 0 radical (unpaired) electrons. The van der Waals surface area contributed by atoms with Gasteiger partial charge in [-0.05, 0) is 30.9 Å². The van der Waals surface area contributed by atoms with Crippen molar-refractivity contribution < 1.29 is 17.9 Å². The van der Waals surface area contributed by atoms with Crippen molar-refractivity contribution in [1.29, 1.82) is 0 Å². The highest BCUT2D eigenvalue weighted by Gasteiger charge is 2.21. The third-order valence-corrected chi connectivity index (χ3v) is 5.74. The van der Waals surface area contributed by atoms with Gasteiger partial charge in [-0.15, -0.1) is 0 Å². The van der Waals surface area contributed by atoms with Crippen LogP contribution in [0.5, 0.6) is 11.5 Å². The van der Waals surface area contributed by atoms with Crippen LogP contribution in [-0.4, -0.2) is 28.2 Å². The first-order valence-corrected chi connectivity index (χ1v) is 9.53. The lowest BCUT2D eigenvalue weighted by atomic mass is 9.90. The lowest BCUT2D eigenvalue weighted by molar-refractivity contribution is 0.297. The van der Waals surface area contributed by atoms with Gasteiger partial charge in [-0.25, -0.2) is 13.1 Å². The second-order valence-corrected chi connectivity index (χ2v) is 7.78. The summed E-state index contributed by atoms with van der Waals surface area (Å²) in [5, 5.41) is 0. The Hall–Kier alpha value is -1.27. The van der Waals surface area contributed by atoms with Crippen molar-refractivity contribution in [3.63, 3.8) is 0 Å². The minimum absolute atomic E-state index is 0.243. The summed E-state index contributed by atoms with van der Waals surface area (Å²) >= 11 is 0. The zero-order valence-corrected chi connectivity index (χ0v) is 13.5. The van der Waals surface area contributed by atoms with Crippen molar-refractivity contribution in [2.45, 2.75) is 43.4 Å². The number of hydrogen-bond donors (Lipinski definition) is 1. The van der Waals surface area contributed by atoms with Gasteiger partial charge in [0.05, 0.1) is 18.1 Å². The Bertz CT molecular complexity index is 609. The fourth-order valence-corrected chi connectivity index (χ4v) is 4.14. The van der Waals surface area contributed by atoms with E-state index < -0.39 is 10.0 Å². The summed E-state index contributed by atoms with van der Waals surface area (Å²) in [6.07, 6.45) is 6.71. The molecule has 0 unspecified atom stereocenters. The molecule has 1 fully saturated rings. The SMILES string of the molecule is O=S(=O)(NCC1CCCCC1)c1ccc2c(c1)OCCCO2. The van der Waals surface area contributed by atoms with Crippen molar-refractivity contribution in [2.24, 2.45) is 5.92 Å². The summed E-state index contributed by atoms with van der Waals surface area (Å²) in [5.74, 6) is 1.59. The van der Waals surface area contributed by atoms with E-state index in [2.05, 4.69) is 4.72 Å². The molecule has 1 N–H and O–H groups in total. The van der Waals surface area contributed by atoms with Crippen LogP contribution in [0.3, 0.4) is 0 Å². The fourth-order valence-electron chi connectivity index (χ4n) is 3.01. The number of hydrogen-bond acceptors (Lipinski definition) is 4. The summed E-state index contributed by atoms with van der Waals surface area (Å²) in [5.41, 5.74) is 0. The summed E-state index contributed by atoms with van der Waals surface area (Å²) in [7, 11) is -3.49. The summed E-state index contributed by atoms with van der Waals surface area (Å²) in [4.78, 5) is 0.243. The molecule has 1 aromatic rings. The lowest BCUT2D eigenvalue weighted by Gasteiger charge is -2.21. The molecule has 122 valence electrons. The van der Waals surface area contributed by atoms with Crippen LogP contribution >= 0.6 is 0 Å². The highest BCUT2D eigenvalue weighted by Crippen LogP contribution is 2.32. The van der Waals surface area contributed by atoms with Crippen molar-refractivity contribution in [3.8, 4) is 11.5 Å². The average Bonchev–Trinajstić information content (AvgIpc) is 2.78. The van der Waals surface area contributed by atoms with E-state index in [1.165, 1.54) is 19.3 Å². The third kappa shape index (κ3) is 3.73. The van der Waals surface area contributed by atoms with Gasteiger partial charge in [0, 0.05) is 19.0 Å². The summed E-state index contributed by atoms with van der Waals surface area (Å²) < 4.78 is 38.7. The van der Waals surface area contributed by atoms with E-state index >= 15 is 0 Å². The lowest BCUT2D eigenvalue weighted by Crippen LogP contribution is -2.30. The standard InChI is InChI=1S/C16H23NO4S/c18-22(19,17-12-13-5-2-1-3-6-13)14-7-8-15-16(11-14)21-10-4-9-20-15/h7-8,11,13,17H,1-6,9-10,12H2. The Labute approximate surface area is 132 Å². The van der Waals surface area contributed by atoms with Crippen LogP contribution in [0.4, 0.5) is 0 Å². The van der Waals surface area contributed by atoms with Crippen molar-refractivity contribution in [1.82, 2.24) is 4.72 Å². The molecule has 2 aliphatic rings. The minimum atomic E-state index is -3.49. The molecule has 0 saturated heterocycles. The first kappa shape index (κ1) is 15.6. The van der Waals surface area contributed by atoms with Gasteiger partial charge < -0.3 is 9.47 Å². The molecule has 1 aliphatic carbocycles. The molecule has 0 bridgehead atoms. The summed E-state index contributed by atoms with van der Waals surface area (Å²) in [6, 6.07) is 4.82. The number of rotatable bonds is 4. The van der Waals surface area contributed by atoms with Crippen LogP contribution in [0.1, 0.15) is 38.5 Å². The Kier molecular flexibility index (Phi) is 4.88. The minimum Gasteiger partial charge on any atom is -0.490 e. The van der Waals surface area contributed by atoms with Crippen LogP contribution < -0.4 is 14.2 Å². The highest BCUT2D eigenvalue weighted by molar-refractivity contribution is 7.89. The third-order valence-electron chi connectivity index (χ3n) is 4.32. The van der Waals surface area contributed by atoms with Gasteiger partial charge in [0.1, 0.15) is 0 Å². The Morgan fingerprint density at radius 3 is 2.50 bits per heavy atom. The van der Waals surface area contributed by atoms with Crippen LogP contribution in [-0.2, 0) is 10.0 Å². The summed E-state index contributed by atoms with van der Waals surface area (Å²) in [6.45, 7) is 1.67. The van der Waals surface area contributed by atoms with Gasteiger partial charge in [-0.3, -0.25) is 0 Å². The Morgan fingerprint density at radius 1 is 1.00 bits per heavy atom. The quantitative estimate of drug-likeness (QED) is 0.924. The van der Waals surface area contributed by atoms with Gasteiger partial charge in [0.2, 0.25) is 10.0 Å². The maximum atomic E-state index is 12.4. The number of benzene rings is 1. The van der Waals surface area contributed by atoms with Gasteiger partial charge in [-0.1, -0.05) is 19.3 Å². The molecular formula is C16H23NO4S. The van der Waals surface area contributed by atoms with E-state index in [4.69, 9.17) is 9.47 Å². The molecule has 0 aromatic heterocycles. The van der Waals surface area contributed by atoms with E-state index in [1.807, 2.05) is 0 Å². The largest absolute Gasteiger partial charge is 0.490 e. The van der Waals surface area contributed by atoms with E-state index in [0.717, 1.165) is 19.3 Å². The van der Waals surface area contributed by atoms with Crippen LogP contribution in [0.25, 0.3) is 0 Å². The maximum absolute atomic E-state index is 12.4. The first-order valence-electron chi connectivity index (χ1n) is 8.04. The topological polar surface area (TPSA) is 64.6 Å². The predicted octanol–water partition coefficient (Wildman–Crippen LogP) is 2.71. The molecule has 0 atom stereocenters. The van der Waals surface area contributed by atoms with E-state index in [-0.39, 0.29) is 4.90 Å². The normalized spacial score (nSPS) is 19.6. The zero-order chi connectivity index (χ0) is 15.4. The smallest absolute Gasteiger partial charge is 0.240 e. The van der Waals surface area contributed by atoms with Crippen LogP contribution in [0.2, 0.25) is 0 Å². The molecular weight excluding hydrogens is 302 g/mol. The number of sulfonamides is 1. The number of ether oxygens (including phenoxy) is 2. The van der Waals surface area contributed by atoms with E-state index in [0.29, 0.717) is 37.2 Å². The van der Waals surface area contributed by atoms with Crippen molar-refractivity contribution in [2.75, 3.05) is 19.8 Å². The maximum Gasteiger partial charge on any atom is 0.240 e. The second-order valence-electron chi connectivity index (χ2n) is 6.01. The number of nitrogens with one attached hydrogen (secondary N) is 1. The molecule has 1 aromatic carbocycles. The van der Waals surface area contributed by atoms with Crippen LogP contribution in [0.15, 0.2) is 23.1 Å². The molecule has 5 nitrogen and oxygen atoms in total. The molecule has 22 heavy (non-hydrogen) atoms. The Balaban J connectivity index is 1.70. The van der Waals surface area contributed by atoms with Gasteiger partial charge >= 0.3 is 0 Å². The monoisotopic (exact) mass is 325 g/mol. The van der Waals surface area contributed by atoms with E-state index in [9.17, 15) is 8.42 Å². The Morgan fingerprint density at radius 2 is 1.73 bits per heavy atom.